The SMILES string of the molecule is CCCC=CC(=O)O.O=C1C=CC(=O)C=C1. The fourth-order valence-electron chi connectivity index (χ4n) is 0.790. The van der Waals surface area contributed by atoms with Crippen molar-refractivity contribution in [1.29, 1.82) is 0 Å². The van der Waals surface area contributed by atoms with Crippen LogP contribution in [0, 0.1) is 0 Å². The molecule has 4 nitrogen and oxygen atoms in total. The highest BCUT2D eigenvalue weighted by molar-refractivity contribution is 6.14. The minimum Gasteiger partial charge on any atom is -0.478 e. The van der Waals surface area contributed by atoms with E-state index in [9.17, 15) is 14.4 Å². The molecule has 0 aromatic rings. The third kappa shape index (κ3) is 8.62. The number of carbonyl (C=O) groups excluding carboxylic acids is 2. The summed E-state index contributed by atoms with van der Waals surface area (Å²) in [5.41, 5.74) is 0. The lowest BCUT2D eigenvalue weighted by Gasteiger charge is -1.87. The monoisotopic (exact) mass is 222 g/mol. The van der Waals surface area contributed by atoms with Crippen LogP contribution >= 0.6 is 0 Å². The molecule has 86 valence electrons. The standard InChI is InChI=1S/C6H4O2.C6H10O2/c7-5-1-2-6(8)4-3-5;1-2-3-4-5-6(7)8/h1-4H;4-5H,2-3H2,1H3,(H,7,8). The summed E-state index contributed by atoms with van der Waals surface area (Å²) in [6.45, 7) is 2.01. The van der Waals surface area contributed by atoms with Gasteiger partial charge in [-0.3, -0.25) is 9.59 Å². The molecule has 0 saturated heterocycles. The largest absolute Gasteiger partial charge is 0.478 e. The molecule has 0 heterocycles. The summed E-state index contributed by atoms with van der Waals surface area (Å²) < 4.78 is 0. The van der Waals surface area contributed by atoms with E-state index >= 15 is 0 Å². The van der Waals surface area contributed by atoms with Gasteiger partial charge in [0, 0.05) is 6.08 Å². The molecule has 0 amide bonds. The van der Waals surface area contributed by atoms with Crippen LogP contribution in [0.25, 0.3) is 0 Å². The molecular weight excluding hydrogens is 208 g/mol. The van der Waals surface area contributed by atoms with E-state index in [0.717, 1.165) is 12.8 Å². The number of hydrogen-bond acceptors (Lipinski definition) is 3. The number of hydrogen-bond donors (Lipinski definition) is 1. The van der Waals surface area contributed by atoms with Crippen LogP contribution in [0.1, 0.15) is 19.8 Å². The maximum absolute atomic E-state index is 10.3. The number of unbranched alkanes of at least 4 members (excludes halogenated alkanes) is 1. The van der Waals surface area contributed by atoms with Gasteiger partial charge in [0.05, 0.1) is 0 Å². The van der Waals surface area contributed by atoms with Crippen LogP contribution in [0.4, 0.5) is 0 Å². The molecule has 0 atom stereocenters. The average Bonchev–Trinajstić information content (AvgIpc) is 2.23. The molecule has 0 unspecified atom stereocenters. The molecule has 1 N–H and O–H groups in total. The molecule has 0 aliphatic heterocycles. The van der Waals surface area contributed by atoms with Gasteiger partial charge in [-0.1, -0.05) is 19.4 Å². The molecule has 1 aliphatic carbocycles. The van der Waals surface area contributed by atoms with Crippen molar-refractivity contribution in [2.45, 2.75) is 19.8 Å². The quantitative estimate of drug-likeness (QED) is 0.582. The molecule has 4 heteroatoms. The zero-order chi connectivity index (χ0) is 12.4. The van der Waals surface area contributed by atoms with Crippen molar-refractivity contribution in [3.8, 4) is 0 Å². The molecule has 1 aliphatic rings. The van der Waals surface area contributed by atoms with Gasteiger partial charge in [0.2, 0.25) is 0 Å². The second-order valence-corrected chi connectivity index (χ2v) is 3.00. The molecule has 0 radical (unpaired) electrons. The number of rotatable bonds is 3. The average molecular weight is 222 g/mol. The fraction of sp³-hybridized carbons (Fsp3) is 0.250. The van der Waals surface area contributed by atoms with E-state index in [-0.39, 0.29) is 11.6 Å². The van der Waals surface area contributed by atoms with Crippen molar-refractivity contribution in [1.82, 2.24) is 0 Å². The predicted molar refractivity (Wildman–Crippen MR) is 60.0 cm³/mol. The third-order valence-corrected chi connectivity index (χ3v) is 1.54. The Morgan fingerprint density at radius 2 is 1.62 bits per heavy atom. The Bertz CT molecular complexity index is 310. The first kappa shape index (κ1) is 14.0. The fourth-order valence-corrected chi connectivity index (χ4v) is 0.790. The Balaban J connectivity index is 0.000000281. The first-order valence-corrected chi connectivity index (χ1v) is 4.89. The van der Waals surface area contributed by atoms with E-state index in [2.05, 4.69) is 0 Å². The maximum Gasteiger partial charge on any atom is 0.327 e. The smallest absolute Gasteiger partial charge is 0.327 e. The second kappa shape index (κ2) is 8.35. The van der Waals surface area contributed by atoms with Crippen molar-refractivity contribution in [2.75, 3.05) is 0 Å². The van der Waals surface area contributed by atoms with Crippen LogP contribution in [-0.4, -0.2) is 22.6 Å². The minimum atomic E-state index is -0.863. The van der Waals surface area contributed by atoms with Gasteiger partial charge >= 0.3 is 5.97 Å². The van der Waals surface area contributed by atoms with Crippen LogP contribution in [0.5, 0.6) is 0 Å². The Kier molecular flexibility index (Phi) is 7.32. The number of allylic oxidation sites excluding steroid dienone is 5. The van der Waals surface area contributed by atoms with Crippen LogP contribution in [0.2, 0.25) is 0 Å². The Morgan fingerprint density at radius 1 is 1.19 bits per heavy atom. The second-order valence-electron chi connectivity index (χ2n) is 3.00. The molecule has 0 bridgehead atoms. The summed E-state index contributed by atoms with van der Waals surface area (Å²) in [7, 11) is 0. The van der Waals surface area contributed by atoms with Gasteiger partial charge in [-0.05, 0) is 30.7 Å². The van der Waals surface area contributed by atoms with Crippen molar-refractivity contribution in [3.05, 3.63) is 36.5 Å². The summed E-state index contributed by atoms with van der Waals surface area (Å²) in [6.07, 6.45) is 9.69. The maximum atomic E-state index is 10.3. The normalized spacial score (nSPS) is 13.8. The number of ketones is 2. The van der Waals surface area contributed by atoms with Gasteiger partial charge < -0.3 is 5.11 Å². The van der Waals surface area contributed by atoms with Gasteiger partial charge in [0.1, 0.15) is 0 Å². The summed E-state index contributed by atoms with van der Waals surface area (Å²) in [6, 6.07) is 0. The highest BCUT2D eigenvalue weighted by Crippen LogP contribution is 1.90. The predicted octanol–water partition coefficient (Wildman–Crippen LogP) is 1.68. The van der Waals surface area contributed by atoms with Crippen LogP contribution in [-0.2, 0) is 14.4 Å². The lowest BCUT2D eigenvalue weighted by Crippen LogP contribution is -1.97. The summed E-state index contributed by atoms with van der Waals surface area (Å²) in [4.78, 5) is 30.4. The third-order valence-electron chi connectivity index (χ3n) is 1.54. The lowest BCUT2D eigenvalue weighted by atomic mass is 10.2. The zero-order valence-corrected chi connectivity index (χ0v) is 9.05. The molecule has 1 rings (SSSR count). The van der Waals surface area contributed by atoms with E-state index in [1.54, 1.807) is 6.08 Å². The van der Waals surface area contributed by atoms with E-state index in [1.165, 1.54) is 30.4 Å². The highest BCUT2D eigenvalue weighted by atomic mass is 16.4. The molecule has 0 fully saturated rings. The molecule has 0 saturated carbocycles. The van der Waals surface area contributed by atoms with E-state index in [4.69, 9.17) is 5.11 Å². The zero-order valence-electron chi connectivity index (χ0n) is 9.05. The Hall–Kier alpha value is -1.97. The summed E-state index contributed by atoms with van der Waals surface area (Å²) in [5.74, 6) is -1.10. The van der Waals surface area contributed by atoms with E-state index < -0.39 is 5.97 Å². The van der Waals surface area contributed by atoms with Crippen LogP contribution < -0.4 is 0 Å². The summed E-state index contributed by atoms with van der Waals surface area (Å²) in [5, 5.41) is 8.05. The van der Waals surface area contributed by atoms with Crippen LogP contribution in [0.3, 0.4) is 0 Å². The topological polar surface area (TPSA) is 71.4 Å². The first-order chi connectivity index (χ1) is 7.56. The number of aliphatic carboxylic acids is 1. The van der Waals surface area contributed by atoms with Gasteiger partial charge in [-0.15, -0.1) is 0 Å². The van der Waals surface area contributed by atoms with Crippen molar-refractivity contribution >= 4 is 17.5 Å². The first-order valence-electron chi connectivity index (χ1n) is 4.89. The Labute approximate surface area is 94.0 Å². The minimum absolute atomic E-state index is 0.121. The van der Waals surface area contributed by atoms with Crippen molar-refractivity contribution < 1.29 is 19.5 Å². The van der Waals surface area contributed by atoms with Gasteiger partial charge in [0.25, 0.3) is 0 Å². The number of carbonyl (C=O) groups is 3. The van der Waals surface area contributed by atoms with Crippen molar-refractivity contribution in [3.63, 3.8) is 0 Å². The van der Waals surface area contributed by atoms with Gasteiger partial charge in [-0.25, -0.2) is 4.79 Å². The highest BCUT2D eigenvalue weighted by Gasteiger charge is 1.97. The molecule has 16 heavy (non-hydrogen) atoms. The molecular formula is C12H14O4. The van der Waals surface area contributed by atoms with E-state index in [1.807, 2.05) is 6.92 Å². The number of carboxylic acid groups (broad SMARTS) is 1. The molecule has 0 aromatic heterocycles. The number of carboxylic acids is 1. The molecule has 0 spiro atoms. The van der Waals surface area contributed by atoms with Crippen LogP contribution in [0.15, 0.2) is 36.5 Å². The molecule has 0 aromatic carbocycles. The van der Waals surface area contributed by atoms with Gasteiger partial charge in [0.15, 0.2) is 11.6 Å². The summed E-state index contributed by atoms with van der Waals surface area (Å²) >= 11 is 0. The van der Waals surface area contributed by atoms with Crippen molar-refractivity contribution in [2.24, 2.45) is 0 Å². The van der Waals surface area contributed by atoms with Gasteiger partial charge in [-0.2, -0.15) is 0 Å². The van der Waals surface area contributed by atoms with E-state index in [0.29, 0.717) is 0 Å². The Morgan fingerprint density at radius 3 is 1.94 bits per heavy atom. The lowest BCUT2D eigenvalue weighted by molar-refractivity contribution is -0.131.